The summed E-state index contributed by atoms with van der Waals surface area (Å²) >= 11 is 0. The molecule has 0 aliphatic heterocycles. The molecule has 1 amide bonds. The molecule has 2 heterocycles. The Hall–Kier alpha value is -4.99. The average molecular weight is 553 g/mol. The van der Waals surface area contributed by atoms with Gasteiger partial charge in [-0.05, 0) is 40.8 Å². The lowest BCUT2D eigenvalue weighted by Crippen LogP contribution is -2.23. The van der Waals surface area contributed by atoms with Crippen LogP contribution in [-0.4, -0.2) is 37.8 Å². The van der Waals surface area contributed by atoms with Crippen molar-refractivity contribution in [3.63, 3.8) is 0 Å². The molecule has 10 heteroatoms. The fraction of sp³-hybridized carbons (Fsp3) is 0.258. The number of carbonyl (C=O) groups excluding carboxylic acids is 1. The zero-order valence-corrected chi connectivity index (χ0v) is 23.5. The van der Waals surface area contributed by atoms with Crippen molar-refractivity contribution in [3.05, 3.63) is 95.2 Å². The minimum absolute atomic E-state index is 0.0689. The van der Waals surface area contributed by atoms with Gasteiger partial charge in [0.25, 0.3) is 5.91 Å². The molecular formula is C31H32N6O4. The maximum Gasteiger partial charge on any atom is 0.274 e. The van der Waals surface area contributed by atoms with Crippen LogP contribution in [0.5, 0.6) is 11.5 Å². The van der Waals surface area contributed by atoms with Crippen LogP contribution in [0.1, 0.15) is 53.9 Å². The van der Waals surface area contributed by atoms with Gasteiger partial charge in [-0.15, -0.1) is 10.2 Å². The molecule has 0 spiro atoms. The van der Waals surface area contributed by atoms with Crippen LogP contribution in [0.2, 0.25) is 0 Å². The summed E-state index contributed by atoms with van der Waals surface area (Å²) in [7, 11) is 1.65. The number of aryl methyl sites for hydroxylation is 1. The van der Waals surface area contributed by atoms with Crippen LogP contribution in [-0.2, 0) is 20.3 Å². The maximum atomic E-state index is 13.0. The molecule has 0 unspecified atom stereocenters. The molecule has 0 saturated heterocycles. The quantitative estimate of drug-likeness (QED) is 0.226. The molecule has 2 aromatic heterocycles. The Morgan fingerprint density at radius 3 is 2.15 bits per heavy atom. The summed E-state index contributed by atoms with van der Waals surface area (Å²) in [5, 5.41) is 19.4. The topological polar surface area (TPSA) is 117 Å². The van der Waals surface area contributed by atoms with Crippen LogP contribution in [0.4, 0.5) is 0 Å². The summed E-state index contributed by atoms with van der Waals surface area (Å²) in [4.78, 5) is 14.3. The van der Waals surface area contributed by atoms with Gasteiger partial charge >= 0.3 is 0 Å². The molecule has 10 nitrogen and oxygen atoms in total. The number of amides is 1. The van der Waals surface area contributed by atoms with Crippen molar-refractivity contribution in [3.8, 4) is 34.2 Å². The predicted octanol–water partition coefficient (Wildman–Crippen LogP) is 5.56. The molecular weight excluding hydrogens is 520 g/mol. The van der Waals surface area contributed by atoms with E-state index in [9.17, 15) is 4.79 Å². The van der Waals surface area contributed by atoms with Crippen molar-refractivity contribution in [1.29, 1.82) is 0 Å². The van der Waals surface area contributed by atoms with Gasteiger partial charge in [-0.2, -0.15) is 4.80 Å². The fourth-order valence-electron chi connectivity index (χ4n) is 4.39. The van der Waals surface area contributed by atoms with E-state index in [1.54, 1.807) is 7.05 Å². The smallest absolute Gasteiger partial charge is 0.274 e. The highest BCUT2D eigenvalue weighted by atomic mass is 16.5. The second-order valence-corrected chi connectivity index (χ2v) is 9.79. The first-order valence-electron chi connectivity index (χ1n) is 13.5. The third-order valence-electron chi connectivity index (χ3n) is 6.43. The lowest BCUT2D eigenvalue weighted by molar-refractivity contribution is 0.0947. The molecule has 0 fully saturated rings. The zero-order valence-electron chi connectivity index (χ0n) is 23.5. The minimum atomic E-state index is -0.399. The van der Waals surface area contributed by atoms with Crippen LogP contribution in [0, 0.1) is 0 Å². The number of hydrogen-bond acceptors (Lipinski definition) is 8. The summed E-state index contributed by atoms with van der Waals surface area (Å²) in [6.45, 7) is 7.14. The van der Waals surface area contributed by atoms with E-state index in [1.165, 1.54) is 4.80 Å². The number of carbonyl (C=O) groups is 1. The Kier molecular flexibility index (Phi) is 8.38. The normalized spacial score (nSPS) is 11.0. The Bertz CT molecular complexity index is 1610. The molecule has 0 radical (unpaired) electrons. The fourth-order valence-corrected chi connectivity index (χ4v) is 4.39. The van der Waals surface area contributed by atoms with E-state index in [4.69, 9.17) is 14.0 Å². The first kappa shape index (κ1) is 27.6. The van der Waals surface area contributed by atoms with Gasteiger partial charge in [0.05, 0.1) is 12.6 Å². The van der Waals surface area contributed by atoms with E-state index in [0.29, 0.717) is 48.1 Å². The summed E-state index contributed by atoms with van der Waals surface area (Å²) < 4.78 is 18.6. The number of ether oxygens (including phenoxy) is 2. The van der Waals surface area contributed by atoms with Crippen LogP contribution in [0.25, 0.3) is 22.7 Å². The number of tetrazole rings is 1. The molecule has 41 heavy (non-hydrogen) atoms. The zero-order chi connectivity index (χ0) is 28.8. The van der Waals surface area contributed by atoms with Crippen molar-refractivity contribution in [2.24, 2.45) is 7.05 Å². The molecule has 1 N–H and O–H groups in total. The van der Waals surface area contributed by atoms with Crippen LogP contribution in [0.15, 0.2) is 77.3 Å². The highest BCUT2D eigenvalue weighted by Gasteiger charge is 2.30. The third-order valence-corrected chi connectivity index (χ3v) is 6.43. The van der Waals surface area contributed by atoms with E-state index in [2.05, 4.69) is 39.7 Å². The standard InChI is InChI=1S/C31H32N6O4/c1-5-32-31(38)28-27(30-33-36-37(4)34-30)29(41-35-28)24-16-23(20(2)3)25(39-18-21-12-8-6-9-13-21)17-26(24)40-19-22-14-10-7-11-15-22/h6-17,20H,5,18-19H2,1-4H3,(H,32,38). The van der Waals surface area contributed by atoms with Gasteiger partial charge in [-0.3, -0.25) is 4.79 Å². The predicted molar refractivity (Wildman–Crippen MR) is 153 cm³/mol. The molecule has 5 aromatic rings. The molecule has 3 aromatic carbocycles. The first-order valence-corrected chi connectivity index (χ1v) is 13.5. The Morgan fingerprint density at radius 2 is 1.59 bits per heavy atom. The Balaban J connectivity index is 1.64. The summed E-state index contributed by atoms with van der Waals surface area (Å²) in [5.74, 6) is 1.42. The molecule has 0 aliphatic rings. The highest BCUT2D eigenvalue weighted by Crippen LogP contribution is 2.43. The Morgan fingerprint density at radius 1 is 0.951 bits per heavy atom. The molecule has 5 rings (SSSR count). The van der Waals surface area contributed by atoms with E-state index >= 15 is 0 Å². The lowest BCUT2D eigenvalue weighted by atomic mass is 9.96. The number of aromatic nitrogens is 5. The van der Waals surface area contributed by atoms with Crippen molar-refractivity contribution < 1.29 is 18.8 Å². The van der Waals surface area contributed by atoms with Crippen LogP contribution < -0.4 is 14.8 Å². The SMILES string of the molecule is CCNC(=O)c1noc(-c2cc(C(C)C)c(OCc3ccccc3)cc2OCc2ccccc2)c1-c1nnn(C)n1. The number of nitrogens with one attached hydrogen (secondary N) is 1. The number of benzene rings is 3. The summed E-state index contributed by atoms with van der Waals surface area (Å²) in [6.07, 6.45) is 0. The third kappa shape index (κ3) is 6.27. The maximum absolute atomic E-state index is 13.0. The van der Waals surface area contributed by atoms with Crippen LogP contribution in [0.3, 0.4) is 0 Å². The highest BCUT2D eigenvalue weighted by molar-refractivity contribution is 6.01. The van der Waals surface area contributed by atoms with E-state index in [-0.39, 0.29) is 17.4 Å². The summed E-state index contributed by atoms with van der Waals surface area (Å²) in [6, 6.07) is 23.7. The van der Waals surface area contributed by atoms with Gasteiger partial charge in [0.2, 0.25) is 5.82 Å². The molecule has 0 atom stereocenters. The Labute approximate surface area is 238 Å². The van der Waals surface area contributed by atoms with Crippen molar-refractivity contribution in [2.75, 3.05) is 6.54 Å². The second kappa shape index (κ2) is 12.5. The second-order valence-electron chi connectivity index (χ2n) is 9.79. The van der Waals surface area contributed by atoms with Gasteiger partial charge < -0.3 is 19.3 Å². The van der Waals surface area contributed by atoms with Crippen molar-refractivity contribution in [2.45, 2.75) is 39.9 Å². The largest absolute Gasteiger partial charge is 0.488 e. The van der Waals surface area contributed by atoms with E-state index in [1.807, 2.05) is 79.7 Å². The van der Waals surface area contributed by atoms with E-state index in [0.717, 1.165) is 16.7 Å². The van der Waals surface area contributed by atoms with Gasteiger partial charge in [0.1, 0.15) is 30.3 Å². The number of rotatable bonds is 11. The van der Waals surface area contributed by atoms with Gasteiger partial charge in [-0.25, -0.2) is 0 Å². The molecule has 0 aliphatic carbocycles. The monoisotopic (exact) mass is 552 g/mol. The van der Waals surface area contributed by atoms with Crippen molar-refractivity contribution >= 4 is 5.91 Å². The molecule has 210 valence electrons. The van der Waals surface area contributed by atoms with E-state index < -0.39 is 5.91 Å². The number of hydrogen-bond donors (Lipinski definition) is 1. The summed E-state index contributed by atoms with van der Waals surface area (Å²) in [5.41, 5.74) is 3.99. The van der Waals surface area contributed by atoms with Crippen LogP contribution >= 0.6 is 0 Å². The minimum Gasteiger partial charge on any atom is -0.488 e. The first-order chi connectivity index (χ1) is 19.9. The van der Waals surface area contributed by atoms with Gasteiger partial charge in [-0.1, -0.05) is 79.7 Å². The van der Waals surface area contributed by atoms with Gasteiger partial charge in [0.15, 0.2) is 11.5 Å². The molecule has 0 saturated carbocycles. The van der Waals surface area contributed by atoms with Crippen molar-refractivity contribution in [1.82, 2.24) is 30.7 Å². The molecule has 0 bridgehead atoms. The average Bonchev–Trinajstić information content (AvgIpc) is 3.62. The lowest BCUT2D eigenvalue weighted by Gasteiger charge is -2.19. The van der Waals surface area contributed by atoms with Gasteiger partial charge in [0, 0.05) is 12.6 Å². The number of nitrogens with zero attached hydrogens (tertiary/aromatic N) is 5.